The molecule has 1 aromatic carbocycles. The predicted octanol–water partition coefficient (Wildman–Crippen LogP) is 4.07. The van der Waals surface area contributed by atoms with Gasteiger partial charge < -0.3 is 15.0 Å². The van der Waals surface area contributed by atoms with Crippen molar-refractivity contribution in [3.05, 3.63) is 50.6 Å². The van der Waals surface area contributed by atoms with Gasteiger partial charge in [-0.25, -0.2) is 9.18 Å². The number of likely N-dealkylation sites (N-methyl/N-ethyl adjacent to an activating group) is 1. The summed E-state index contributed by atoms with van der Waals surface area (Å²) in [6.45, 7) is 3.82. The van der Waals surface area contributed by atoms with E-state index in [2.05, 4.69) is 5.32 Å². The maximum atomic E-state index is 14.1. The number of benzene rings is 1. The van der Waals surface area contributed by atoms with E-state index in [0.29, 0.717) is 11.4 Å². The summed E-state index contributed by atoms with van der Waals surface area (Å²) in [6, 6.07) is 4.81. The van der Waals surface area contributed by atoms with Gasteiger partial charge in [0.25, 0.3) is 0 Å². The number of nitrogens with zero attached hydrogens (tertiary/aromatic N) is 1. The van der Waals surface area contributed by atoms with Gasteiger partial charge in [0, 0.05) is 10.6 Å². The van der Waals surface area contributed by atoms with Crippen LogP contribution >= 0.6 is 34.2 Å². The lowest BCUT2D eigenvalue weighted by molar-refractivity contribution is -0.138. The number of anilines is 1. The number of esters is 1. The lowest BCUT2D eigenvalue weighted by Crippen LogP contribution is -2.36. The molecule has 1 aromatic rings. The summed E-state index contributed by atoms with van der Waals surface area (Å²) in [5, 5.41) is 2.96. The van der Waals surface area contributed by atoms with Gasteiger partial charge in [-0.05, 0) is 66.3 Å². The number of alkyl halides is 1. The molecule has 1 unspecified atom stereocenters. The van der Waals surface area contributed by atoms with Crippen LogP contribution in [0.1, 0.15) is 13.8 Å². The van der Waals surface area contributed by atoms with Crippen molar-refractivity contribution in [1.82, 2.24) is 4.90 Å². The van der Waals surface area contributed by atoms with Crippen LogP contribution in [-0.4, -0.2) is 30.0 Å². The highest BCUT2D eigenvalue weighted by Crippen LogP contribution is 2.30. The van der Waals surface area contributed by atoms with Gasteiger partial charge >= 0.3 is 5.97 Å². The summed E-state index contributed by atoms with van der Waals surface area (Å²) in [6.07, 6.45) is 1.67. The zero-order chi connectivity index (χ0) is 17.1. The zero-order valence-corrected chi connectivity index (χ0v) is 15.9. The molecule has 0 amide bonds. The summed E-state index contributed by atoms with van der Waals surface area (Å²) >= 11 is 8.36. The molecular weight excluding hydrogens is 434 g/mol. The maximum Gasteiger partial charge on any atom is 0.341 e. The lowest BCUT2D eigenvalue weighted by atomic mass is 10.1. The van der Waals surface area contributed by atoms with E-state index in [-0.39, 0.29) is 12.3 Å². The third-order valence-corrected chi connectivity index (χ3v) is 4.68. The van der Waals surface area contributed by atoms with Crippen molar-refractivity contribution in [2.75, 3.05) is 19.0 Å². The SMILES string of the molecule is CCOC(=O)C1=C(Nc2ccc(I)cc2F)N(C)C(Cl)C(C)=C1. The highest BCUT2D eigenvalue weighted by atomic mass is 127. The number of carbonyl (C=O) groups is 1. The van der Waals surface area contributed by atoms with Crippen molar-refractivity contribution in [3.8, 4) is 0 Å². The van der Waals surface area contributed by atoms with Gasteiger partial charge in [0.1, 0.15) is 22.7 Å². The fourth-order valence-electron chi connectivity index (χ4n) is 2.21. The van der Waals surface area contributed by atoms with E-state index in [1.54, 1.807) is 37.1 Å². The van der Waals surface area contributed by atoms with Crippen LogP contribution < -0.4 is 5.32 Å². The number of ether oxygens (including phenoxy) is 1. The highest BCUT2D eigenvalue weighted by Gasteiger charge is 2.28. The van der Waals surface area contributed by atoms with Gasteiger partial charge in [0.15, 0.2) is 0 Å². The first-order chi connectivity index (χ1) is 10.8. The van der Waals surface area contributed by atoms with Crippen LogP contribution in [0.4, 0.5) is 10.1 Å². The summed E-state index contributed by atoms with van der Waals surface area (Å²) in [4.78, 5) is 13.9. The van der Waals surface area contributed by atoms with Crippen LogP contribution in [-0.2, 0) is 9.53 Å². The van der Waals surface area contributed by atoms with Gasteiger partial charge in [-0.2, -0.15) is 0 Å². The van der Waals surface area contributed by atoms with Crippen LogP contribution in [0.15, 0.2) is 41.2 Å². The molecule has 0 radical (unpaired) electrons. The van der Waals surface area contributed by atoms with E-state index >= 15 is 0 Å². The molecule has 1 aliphatic heterocycles. The Morgan fingerprint density at radius 2 is 2.22 bits per heavy atom. The van der Waals surface area contributed by atoms with Crippen molar-refractivity contribution in [1.29, 1.82) is 0 Å². The van der Waals surface area contributed by atoms with Crippen LogP contribution in [0.2, 0.25) is 0 Å². The second-order valence-electron chi connectivity index (χ2n) is 5.07. The van der Waals surface area contributed by atoms with E-state index in [0.717, 1.165) is 9.14 Å². The van der Waals surface area contributed by atoms with Crippen molar-refractivity contribution in [3.63, 3.8) is 0 Å². The topological polar surface area (TPSA) is 41.6 Å². The first kappa shape index (κ1) is 18.1. The molecule has 0 bridgehead atoms. The molecule has 1 N–H and O–H groups in total. The van der Waals surface area contributed by atoms with Crippen molar-refractivity contribution < 1.29 is 13.9 Å². The number of carbonyl (C=O) groups excluding carboxylic acids is 1. The molecule has 0 saturated heterocycles. The van der Waals surface area contributed by atoms with Gasteiger partial charge in [-0.1, -0.05) is 11.6 Å². The molecule has 0 fully saturated rings. The van der Waals surface area contributed by atoms with Gasteiger partial charge in [-0.3, -0.25) is 0 Å². The summed E-state index contributed by atoms with van der Waals surface area (Å²) in [5.41, 5.74) is 0.973. The lowest BCUT2D eigenvalue weighted by Gasteiger charge is -2.33. The molecule has 4 nitrogen and oxygen atoms in total. The van der Waals surface area contributed by atoms with Gasteiger partial charge in [-0.15, -0.1) is 0 Å². The Bertz CT molecular complexity index is 691. The third kappa shape index (κ3) is 3.98. The average molecular weight is 451 g/mol. The smallest absolute Gasteiger partial charge is 0.341 e. The molecule has 0 aromatic heterocycles. The Morgan fingerprint density at radius 3 is 2.83 bits per heavy atom. The number of rotatable bonds is 4. The van der Waals surface area contributed by atoms with Crippen LogP contribution in [0.5, 0.6) is 0 Å². The normalized spacial score (nSPS) is 17.9. The number of nitrogens with one attached hydrogen (secondary N) is 1. The Hall–Kier alpha value is -1.28. The molecule has 1 aliphatic rings. The zero-order valence-electron chi connectivity index (χ0n) is 13.0. The first-order valence-corrected chi connectivity index (χ1v) is 8.55. The Kier molecular flexibility index (Phi) is 5.91. The van der Waals surface area contributed by atoms with Crippen LogP contribution in [0.25, 0.3) is 0 Å². The number of hydrogen-bond acceptors (Lipinski definition) is 4. The van der Waals surface area contributed by atoms with Gasteiger partial charge in [0.2, 0.25) is 0 Å². The highest BCUT2D eigenvalue weighted by molar-refractivity contribution is 14.1. The van der Waals surface area contributed by atoms with Crippen molar-refractivity contribution in [2.24, 2.45) is 0 Å². The molecule has 0 saturated carbocycles. The minimum Gasteiger partial charge on any atom is -0.462 e. The molecule has 1 heterocycles. The summed E-state index contributed by atoms with van der Waals surface area (Å²) in [7, 11) is 1.74. The molecule has 23 heavy (non-hydrogen) atoms. The van der Waals surface area contributed by atoms with Gasteiger partial charge in [0.05, 0.1) is 12.3 Å². The second kappa shape index (κ2) is 7.53. The third-order valence-electron chi connectivity index (χ3n) is 3.38. The Balaban J connectivity index is 2.46. The number of halogens is 3. The fraction of sp³-hybridized carbons (Fsp3) is 0.312. The Labute approximate surface area is 153 Å². The largest absolute Gasteiger partial charge is 0.462 e. The molecule has 124 valence electrons. The second-order valence-corrected chi connectivity index (χ2v) is 6.73. The molecule has 7 heteroatoms. The van der Waals surface area contributed by atoms with Crippen LogP contribution in [0, 0.1) is 9.39 Å². The monoisotopic (exact) mass is 450 g/mol. The Morgan fingerprint density at radius 1 is 1.52 bits per heavy atom. The maximum absolute atomic E-state index is 14.1. The summed E-state index contributed by atoms with van der Waals surface area (Å²) < 4.78 is 20.0. The molecule has 2 rings (SSSR count). The predicted molar refractivity (Wildman–Crippen MR) is 97.6 cm³/mol. The van der Waals surface area contributed by atoms with E-state index in [1.165, 1.54) is 6.07 Å². The average Bonchev–Trinajstić information content (AvgIpc) is 2.50. The fourth-order valence-corrected chi connectivity index (χ4v) is 2.83. The molecule has 0 aliphatic carbocycles. The molecule has 1 atom stereocenters. The minimum atomic E-state index is -0.476. The minimum absolute atomic E-state index is 0.258. The quantitative estimate of drug-likeness (QED) is 0.325. The first-order valence-electron chi connectivity index (χ1n) is 7.03. The van der Waals surface area contributed by atoms with Crippen molar-refractivity contribution >= 4 is 45.8 Å². The standard InChI is InChI=1S/C16H17ClFIN2O2/c1-4-23-16(22)11-7-9(2)14(17)21(3)15(11)20-13-6-5-10(19)8-12(13)18/h5-8,14,20H,4H2,1-3H3. The van der Waals surface area contributed by atoms with E-state index in [9.17, 15) is 9.18 Å². The molecular formula is C16H17ClFIN2O2. The van der Waals surface area contributed by atoms with Crippen LogP contribution in [0.3, 0.4) is 0 Å². The molecule has 0 spiro atoms. The summed E-state index contributed by atoms with van der Waals surface area (Å²) in [5.74, 6) is -0.469. The van der Waals surface area contributed by atoms with Crippen molar-refractivity contribution in [2.45, 2.75) is 19.3 Å². The van der Waals surface area contributed by atoms with E-state index in [4.69, 9.17) is 16.3 Å². The number of hydrogen-bond donors (Lipinski definition) is 1. The van der Waals surface area contributed by atoms with E-state index < -0.39 is 17.3 Å². The van der Waals surface area contributed by atoms with E-state index in [1.807, 2.05) is 29.5 Å².